The highest BCUT2D eigenvalue weighted by Gasteiger charge is 2.48. The van der Waals surface area contributed by atoms with Crippen molar-refractivity contribution in [3.05, 3.63) is 59.4 Å². The Morgan fingerprint density at radius 2 is 1.96 bits per heavy atom. The van der Waals surface area contributed by atoms with Crippen LogP contribution < -0.4 is 5.32 Å². The minimum absolute atomic E-state index is 0.0678. The Bertz CT molecular complexity index is 785. The van der Waals surface area contributed by atoms with Gasteiger partial charge in [-0.25, -0.2) is 0 Å². The van der Waals surface area contributed by atoms with E-state index in [2.05, 4.69) is 15.2 Å². The first-order valence-corrected chi connectivity index (χ1v) is 9.36. The van der Waals surface area contributed by atoms with Crippen LogP contribution in [0.2, 0.25) is 5.02 Å². The van der Waals surface area contributed by atoms with E-state index < -0.39 is 5.60 Å². The molecule has 2 bridgehead atoms. The molecule has 2 saturated heterocycles. The van der Waals surface area contributed by atoms with Gasteiger partial charge in [0.25, 0.3) is 0 Å². The summed E-state index contributed by atoms with van der Waals surface area (Å²) in [6, 6.07) is 11.4. The van der Waals surface area contributed by atoms with Crippen molar-refractivity contribution in [1.29, 1.82) is 0 Å². The Kier molecular flexibility index (Phi) is 4.69. The Labute approximate surface area is 158 Å². The summed E-state index contributed by atoms with van der Waals surface area (Å²) in [5.41, 5.74) is 0.656. The number of benzene rings is 1. The topological polar surface area (TPSA) is 65.5 Å². The minimum Gasteiger partial charge on any atom is -0.385 e. The number of aromatic nitrogens is 1. The summed E-state index contributed by atoms with van der Waals surface area (Å²) >= 11 is 6.12. The molecule has 0 spiro atoms. The number of rotatable bonds is 4. The van der Waals surface area contributed by atoms with E-state index >= 15 is 0 Å². The summed E-state index contributed by atoms with van der Waals surface area (Å²) in [6.07, 6.45) is 6.75. The van der Waals surface area contributed by atoms with Gasteiger partial charge in [-0.1, -0.05) is 29.8 Å². The van der Waals surface area contributed by atoms with E-state index in [4.69, 9.17) is 11.6 Å². The fraction of sp³-hybridized carbons (Fsp3) is 0.400. The predicted molar refractivity (Wildman–Crippen MR) is 101 cm³/mol. The van der Waals surface area contributed by atoms with Crippen molar-refractivity contribution >= 4 is 23.2 Å². The predicted octanol–water partition coefficient (Wildman–Crippen LogP) is 3.19. The summed E-state index contributed by atoms with van der Waals surface area (Å²) in [4.78, 5) is 18.9. The van der Waals surface area contributed by atoms with E-state index in [1.807, 2.05) is 24.3 Å². The molecule has 1 aromatic heterocycles. The molecule has 2 aliphatic rings. The smallest absolute Gasteiger partial charge is 0.238 e. The summed E-state index contributed by atoms with van der Waals surface area (Å²) in [7, 11) is 0. The normalized spacial score (nSPS) is 28.1. The molecule has 6 heteroatoms. The number of anilines is 1. The lowest BCUT2D eigenvalue weighted by molar-refractivity contribution is -0.121. The summed E-state index contributed by atoms with van der Waals surface area (Å²) < 4.78 is 0. The van der Waals surface area contributed by atoms with Gasteiger partial charge in [-0.2, -0.15) is 0 Å². The largest absolute Gasteiger partial charge is 0.385 e. The maximum absolute atomic E-state index is 12.5. The molecule has 0 saturated carbocycles. The molecule has 4 rings (SSSR count). The van der Waals surface area contributed by atoms with Crippen molar-refractivity contribution in [2.24, 2.45) is 0 Å². The number of halogens is 1. The molecule has 1 amide bonds. The van der Waals surface area contributed by atoms with Crippen LogP contribution >= 0.6 is 11.6 Å². The second-order valence-electron chi connectivity index (χ2n) is 7.27. The molecule has 2 atom stereocenters. The number of hydrogen-bond acceptors (Lipinski definition) is 4. The first kappa shape index (κ1) is 17.5. The van der Waals surface area contributed by atoms with Crippen LogP contribution in [0.4, 0.5) is 5.69 Å². The van der Waals surface area contributed by atoms with Crippen LogP contribution in [-0.4, -0.2) is 39.5 Å². The molecular formula is C20H22ClN3O2. The summed E-state index contributed by atoms with van der Waals surface area (Å²) in [5, 5.41) is 14.6. The number of carbonyl (C=O) groups is 1. The summed E-state index contributed by atoms with van der Waals surface area (Å²) in [6.45, 7) is 0.323. The van der Waals surface area contributed by atoms with Gasteiger partial charge in [-0.15, -0.1) is 0 Å². The van der Waals surface area contributed by atoms with Crippen LogP contribution in [0.25, 0.3) is 0 Å². The lowest BCUT2D eigenvalue weighted by atomic mass is 9.81. The van der Waals surface area contributed by atoms with E-state index in [1.54, 1.807) is 24.5 Å². The molecule has 2 aromatic rings. The molecule has 2 N–H and O–H groups in total. The van der Waals surface area contributed by atoms with Gasteiger partial charge in [0, 0.05) is 30.0 Å². The standard InChI is InChI=1S/C20H22ClN3O2/c21-17-5-1-2-6-18(17)23-19(25)13-24-15-7-8-16(24)11-20(26,10-15)14-4-3-9-22-12-14/h1-6,9,12,15-16,26H,7-8,10-11,13H2,(H,23,25). The minimum atomic E-state index is -0.851. The molecule has 26 heavy (non-hydrogen) atoms. The third-order valence-corrected chi connectivity index (χ3v) is 5.92. The molecule has 1 aromatic carbocycles. The zero-order valence-electron chi connectivity index (χ0n) is 14.4. The van der Waals surface area contributed by atoms with Gasteiger partial charge in [0.05, 0.1) is 22.9 Å². The number of nitrogens with zero attached hydrogens (tertiary/aromatic N) is 2. The number of fused-ring (bicyclic) bond motifs is 2. The Morgan fingerprint density at radius 1 is 1.23 bits per heavy atom. The van der Waals surface area contributed by atoms with Crippen molar-refractivity contribution in [1.82, 2.24) is 9.88 Å². The summed E-state index contributed by atoms with van der Waals surface area (Å²) in [5.74, 6) is -0.0678. The van der Waals surface area contributed by atoms with E-state index in [9.17, 15) is 9.90 Å². The van der Waals surface area contributed by atoms with Crippen LogP contribution in [0, 0.1) is 0 Å². The Balaban J connectivity index is 1.44. The second kappa shape index (κ2) is 6.99. The van der Waals surface area contributed by atoms with Crippen LogP contribution in [-0.2, 0) is 10.4 Å². The van der Waals surface area contributed by atoms with Crippen molar-refractivity contribution in [2.45, 2.75) is 43.4 Å². The molecule has 5 nitrogen and oxygen atoms in total. The zero-order chi connectivity index (χ0) is 18.1. The first-order valence-electron chi connectivity index (χ1n) is 8.98. The number of amides is 1. The van der Waals surface area contributed by atoms with E-state index in [0.717, 1.165) is 18.4 Å². The van der Waals surface area contributed by atoms with Crippen molar-refractivity contribution in [2.75, 3.05) is 11.9 Å². The first-order chi connectivity index (χ1) is 12.5. The average Bonchev–Trinajstić information content (AvgIpc) is 2.88. The van der Waals surface area contributed by atoms with Crippen molar-refractivity contribution in [3.8, 4) is 0 Å². The number of hydrogen-bond donors (Lipinski definition) is 2. The highest BCUT2D eigenvalue weighted by atomic mass is 35.5. The van der Waals surface area contributed by atoms with Gasteiger partial charge < -0.3 is 10.4 Å². The third-order valence-electron chi connectivity index (χ3n) is 5.59. The Morgan fingerprint density at radius 3 is 2.62 bits per heavy atom. The van der Waals surface area contributed by atoms with Gasteiger partial charge in [0.2, 0.25) is 5.91 Å². The van der Waals surface area contributed by atoms with Crippen molar-refractivity contribution < 1.29 is 9.90 Å². The molecule has 2 fully saturated rings. The monoisotopic (exact) mass is 371 g/mol. The maximum Gasteiger partial charge on any atom is 0.238 e. The molecule has 2 unspecified atom stereocenters. The number of para-hydroxylation sites is 1. The fourth-order valence-electron chi connectivity index (χ4n) is 4.37. The zero-order valence-corrected chi connectivity index (χ0v) is 15.2. The van der Waals surface area contributed by atoms with Gasteiger partial charge in [0.15, 0.2) is 0 Å². The quantitative estimate of drug-likeness (QED) is 0.866. The molecule has 0 aliphatic carbocycles. The number of nitrogens with one attached hydrogen (secondary N) is 1. The number of aliphatic hydroxyl groups is 1. The Hall–Kier alpha value is -1.95. The van der Waals surface area contributed by atoms with Crippen LogP contribution in [0.5, 0.6) is 0 Å². The molecular weight excluding hydrogens is 350 g/mol. The lowest BCUT2D eigenvalue weighted by Crippen LogP contribution is -2.51. The van der Waals surface area contributed by atoms with Crippen LogP contribution in [0.1, 0.15) is 31.2 Å². The van der Waals surface area contributed by atoms with Crippen molar-refractivity contribution in [3.63, 3.8) is 0 Å². The van der Waals surface area contributed by atoms with E-state index in [1.165, 1.54) is 0 Å². The second-order valence-corrected chi connectivity index (χ2v) is 7.67. The number of piperidine rings is 1. The van der Waals surface area contributed by atoms with Crippen LogP contribution in [0.3, 0.4) is 0 Å². The number of carbonyl (C=O) groups excluding carboxylic acids is 1. The van der Waals surface area contributed by atoms with E-state index in [-0.39, 0.29) is 18.0 Å². The van der Waals surface area contributed by atoms with Gasteiger partial charge in [0.1, 0.15) is 0 Å². The molecule has 136 valence electrons. The highest BCUT2D eigenvalue weighted by Crippen LogP contribution is 2.45. The van der Waals surface area contributed by atoms with E-state index in [0.29, 0.717) is 30.1 Å². The fourth-order valence-corrected chi connectivity index (χ4v) is 4.55. The average molecular weight is 372 g/mol. The number of pyridine rings is 1. The lowest BCUT2D eigenvalue weighted by Gasteiger charge is -2.43. The van der Waals surface area contributed by atoms with Crippen LogP contribution in [0.15, 0.2) is 48.8 Å². The SMILES string of the molecule is O=C(CN1C2CCC1CC(O)(c1cccnc1)C2)Nc1ccccc1Cl. The highest BCUT2D eigenvalue weighted by molar-refractivity contribution is 6.33. The third kappa shape index (κ3) is 3.34. The van der Waals surface area contributed by atoms with Gasteiger partial charge >= 0.3 is 0 Å². The maximum atomic E-state index is 12.5. The molecule has 2 aliphatic heterocycles. The molecule has 0 radical (unpaired) electrons. The molecule has 3 heterocycles. The van der Waals surface area contributed by atoms with Gasteiger partial charge in [-0.3, -0.25) is 14.7 Å². The van der Waals surface area contributed by atoms with Gasteiger partial charge in [-0.05, 0) is 43.9 Å².